The monoisotopic (exact) mass is 220 g/mol. The average molecular weight is 220 g/mol. The van der Waals surface area contributed by atoms with Gasteiger partial charge in [0.25, 0.3) is 0 Å². The Morgan fingerprint density at radius 3 is 2.56 bits per heavy atom. The molecule has 3 nitrogen and oxygen atoms in total. The zero-order chi connectivity index (χ0) is 12.0. The van der Waals surface area contributed by atoms with Crippen molar-refractivity contribution in [3.05, 3.63) is 41.0 Å². The standard InChI is InChI=1S/C13H16O3/c1-10-6-4-5-7-11(10)8-12(9-15-2)13(14)16-3/h4-8H,9H2,1-3H3/b12-8+. The van der Waals surface area contributed by atoms with Gasteiger partial charge in [0, 0.05) is 7.11 Å². The number of esters is 1. The highest BCUT2D eigenvalue weighted by Gasteiger charge is 2.09. The summed E-state index contributed by atoms with van der Waals surface area (Å²) in [6.45, 7) is 2.24. The molecule has 3 heteroatoms. The van der Waals surface area contributed by atoms with E-state index in [0.717, 1.165) is 11.1 Å². The van der Waals surface area contributed by atoms with Gasteiger partial charge in [-0.3, -0.25) is 0 Å². The second-order valence-electron chi connectivity index (χ2n) is 3.45. The summed E-state index contributed by atoms with van der Waals surface area (Å²) in [7, 11) is 2.91. The summed E-state index contributed by atoms with van der Waals surface area (Å²) in [5.41, 5.74) is 2.62. The Kier molecular flexibility index (Phi) is 4.73. The first-order valence-electron chi connectivity index (χ1n) is 5.02. The van der Waals surface area contributed by atoms with Crippen LogP contribution in [0.15, 0.2) is 29.8 Å². The van der Waals surface area contributed by atoms with Gasteiger partial charge in [0.05, 0.1) is 19.3 Å². The lowest BCUT2D eigenvalue weighted by Crippen LogP contribution is -2.09. The van der Waals surface area contributed by atoms with E-state index in [4.69, 9.17) is 4.74 Å². The Labute approximate surface area is 95.7 Å². The molecule has 0 radical (unpaired) electrons. The fourth-order valence-electron chi connectivity index (χ4n) is 1.38. The van der Waals surface area contributed by atoms with Crippen LogP contribution in [0.4, 0.5) is 0 Å². The Hall–Kier alpha value is -1.61. The van der Waals surface area contributed by atoms with Gasteiger partial charge in [-0.15, -0.1) is 0 Å². The van der Waals surface area contributed by atoms with Gasteiger partial charge in [-0.25, -0.2) is 4.79 Å². The van der Waals surface area contributed by atoms with Crippen molar-refractivity contribution in [2.24, 2.45) is 0 Å². The van der Waals surface area contributed by atoms with Gasteiger partial charge in [-0.1, -0.05) is 24.3 Å². The number of benzene rings is 1. The Morgan fingerprint density at radius 1 is 1.31 bits per heavy atom. The minimum atomic E-state index is -0.356. The second-order valence-corrected chi connectivity index (χ2v) is 3.45. The summed E-state index contributed by atoms with van der Waals surface area (Å²) in [5, 5.41) is 0. The second kappa shape index (κ2) is 6.08. The summed E-state index contributed by atoms with van der Waals surface area (Å²) in [6, 6.07) is 7.84. The van der Waals surface area contributed by atoms with Crippen molar-refractivity contribution >= 4 is 12.0 Å². The molecule has 0 N–H and O–H groups in total. The van der Waals surface area contributed by atoms with Crippen LogP contribution in [0.1, 0.15) is 11.1 Å². The molecule has 0 amide bonds. The van der Waals surface area contributed by atoms with E-state index in [-0.39, 0.29) is 12.6 Å². The van der Waals surface area contributed by atoms with Crippen LogP contribution in [0.25, 0.3) is 6.08 Å². The lowest BCUT2D eigenvalue weighted by Gasteiger charge is -2.05. The topological polar surface area (TPSA) is 35.5 Å². The van der Waals surface area contributed by atoms with Crippen molar-refractivity contribution in [1.29, 1.82) is 0 Å². The highest BCUT2D eigenvalue weighted by molar-refractivity contribution is 5.94. The maximum absolute atomic E-state index is 11.4. The van der Waals surface area contributed by atoms with E-state index in [9.17, 15) is 4.79 Å². The smallest absolute Gasteiger partial charge is 0.336 e. The van der Waals surface area contributed by atoms with Gasteiger partial charge in [-0.2, -0.15) is 0 Å². The van der Waals surface area contributed by atoms with Crippen LogP contribution >= 0.6 is 0 Å². The lowest BCUT2D eigenvalue weighted by molar-refractivity contribution is -0.136. The molecular formula is C13H16O3. The predicted octanol–water partition coefficient (Wildman–Crippen LogP) is 2.20. The van der Waals surface area contributed by atoms with Crippen molar-refractivity contribution < 1.29 is 14.3 Å². The third-order valence-electron chi connectivity index (χ3n) is 2.27. The number of hydrogen-bond acceptors (Lipinski definition) is 3. The first-order chi connectivity index (χ1) is 7.69. The first kappa shape index (κ1) is 12.5. The normalized spacial score (nSPS) is 11.3. The van der Waals surface area contributed by atoms with E-state index in [1.807, 2.05) is 31.2 Å². The Bertz CT molecular complexity index is 394. The average Bonchev–Trinajstić information content (AvgIpc) is 2.30. The van der Waals surface area contributed by atoms with E-state index in [1.54, 1.807) is 13.2 Å². The molecule has 0 spiro atoms. The maximum atomic E-state index is 11.4. The third-order valence-corrected chi connectivity index (χ3v) is 2.27. The predicted molar refractivity (Wildman–Crippen MR) is 63.0 cm³/mol. The van der Waals surface area contributed by atoms with Crippen LogP contribution in [-0.4, -0.2) is 26.8 Å². The van der Waals surface area contributed by atoms with Crippen LogP contribution in [0, 0.1) is 6.92 Å². The molecule has 1 rings (SSSR count). The van der Waals surface area contributed by atoms with E-state index in [2.05, 4.69) is 4.74 Å². The quantitative estimate of drug-likeness (QED) is 0.576. The Balaban J connectivity index is 3.02. The number of hydrogen-bond donors (Lipinski definition) is 0. The number of aryl methyl sites for hydroxylation is 1. The Morgan fingerprint density at radius 2 is 2.00 bits per heavy atom. The van der Waals surface area contributed by atoms with Gasteiger partial charge in [0.2, 0.25) is 0 Å². The first-order valence-corrected chi connectivity index (χ1v) is 5.02. The van der Waals surface area contributed by atoms with Gasteiger partial charge in [0.1, 0.15) is 0 Å². The van der Waals surface area contributed by atoms with Crippen molar-refractivity contribution in [2.45, 2.75) is 6.92 Å². The van der Waals surface area contributed by atoms with Gasteiger partial charge >= 0.3 is 5.97 Å². The number of methoxy groups -OCH3 is 2. The van der Waals surface area contributed by atoms with Gasteiger partial charge in [-0.05, 0) is 24.1 Å². The molecular weight excluding hydrogens is 204 g/mol. The molecule has 1 aromatic carbocycles. The van der Waals surface area contributed by atoms with Gasteiger partial charge in [0.15, 0.2) is 0 Å². The number of carbonyl (C=O) groups excluding carboxylic acids is 1. The lowest BCUT2D eigenvalue weighted by atomic mass is 10.1. The minimum absolute atomic E-state index is 0.251. The molecule has 0 aromatic heterocycles. The maximum Gasteiger partial charge on any atom is 0.336 e. The van der Waals surface area contributed by atoms with Crippen LogP contribution in [0.5, 0.6) is 0 Å². The fourth-order valence-corrected chi connectivity index (χ4v) is 1.38. The van der Waals surface area contributed by atoms with Crippen molar-refractivity contribution in [3.63, 3.8) is 0 Å². The fraction of sp³-hybridized carbons (Fsp3) is 0.308. The highest BCUT2D eigenvalue weighted by atomic mass is 16.5. The molecule has 0 bridgehead atoms. The zero-order valence-corrected chi connectivity index (χ0v) is 9.82. The molecule has 0 unspecified atom stereocenters. The summed E-state index contributed by atoms with van der Waals surface area (Å²) < 4.78 is 9.66. The van der Waals surface area contributed by atoms with Gasteiger partial charge < -0.3 is 9.47 Å². The zero-order valence-electron chi connectivity index (χ0n) is 9.82. The number of ether oxygens (including phenoxy) is 2. The van der Waals surface area contributed by atoms with Crippen LogP contribution in [-0.2, 0) is 14.3 Å². The minimum Gasteiger partial charge on any atom is -0.466 e. The van der Waals surface area contributed by atoms with E-state index in [0.29, 0.717) is 5.57 Å². The number of rotatable bonds is 4. The van der Waals surface area contributed by atoms with Crippen LogP contribution in [0.2, 0.25) is 0 Å². The molecule has 0 heterocycles. The highest BCUT2D eigenvalue weighted by Crippen LogP contribution is 2.13. The van der Waals surface area contributed by atoms with Crippen LogP contribution < -0.4 is 0 Å². The summed E-state index contributed by atoms with van der Waals surface area (Å²) >= 11 is 0. The number of carbonyl (C=O) groups is 1. The summed E-state index contributed by atoms with van der Waals surface area (Å²) in [5.74, 6) is -0.356. The van der Waals surface area contributed by atoms with E-state index >= 15 is 0 Å². The van der Waals surface area contributed by atoms with Crippen molar-refractivity contribution in [3.8, 4) is 0 Å². The molecule has 0 aliphatic carbocycles. The molecule has 0 saturated carbocycles. The van der Waals surface area contributed by atoms with Crippen molar-refractivity contribution in [2.75, 3.05) is 20.8 Å². The largest absolute Gasteiger partial charge is 0.466 e. The molecule has 0 atom stereocenters. The third kappa shape index (κ3) is 3.21. The molecule has 0 aliphatic rings. The molecule has 0 saturated heterocycles. The molecule has 0 aliphatic heterocycles. The van der Waals surface area contributed by atoms with Crippen molar-refractivity contribution in [1.82, 2.24) is 0 Å². The summed E-state index contributed by atoms with van der Waals surface area (Å²) in [4.78, 5) is 11.4. The summed E-state index contributed by atoms with van der Waals surface area (Å²) in [6.07, 6.45) is 1.80. The molecule has 16 heavy (non-hydrogen) atoms. The van der Waals surface area contributed by atoms with E-state index < -0.39 is 0 Å². The van der Waals surface area contributed by atoms with E-state index in [1.165, 1.54) is 7.11 Å². The molecule has 0 fully saturated rings. The molecule has 86 valence electrons. The SMILES string of the molecule is COC/C(=C\c1ccccc1C)C(=O)OC. The van der Waals surface area contributed by atoms with Crippen LogP contribution in [0.3, 0.4) is 0 Å². The molecule has 1 aromatic rings.